The molecule has 0 spiro atoms. The summed E-state index contributed by atoms with van der Waals surface area (Å²) in [5.74, 6) is 0. The maximum Gasteiger partial charge on any atom is 0.0584 e. The SMILES string of the molecule is CC(CO)N(C)C(C)c1ccc(N)cc1. The minimum atomic E-state index is 0.164. The minimum Gasteiger partial charge on any atom is -0.399 e. The first kappa shape index (κ1) is 12.0. The average Bonchev–Trinajstić information content (AvgIpc) is 2.27. The second-order valence-electron chi connectivity index (χ2n) is 4.04. The van der Waals surface area contributed by atoms with E-state index in [-0.39, 0.29) is 18.7 Å². The Kier molecular flexibility index (Phi) is 4.12. The summed E-state index contributed by atoms with van der Waals surface area (Å²) >= 11 is 0. The van der Waals surface area contributed by atoms with Crippen LogP contribution in [0.25, 0.3) is 0 Å². The van der Waals surface area contributed by atoms with Crippen LogP contribution in [0.1, 0.15) is 25.5 Å². The highest BCUT2D eigenvalue weighted by atomic mass is 16.3. The van der Waals surface area contributed by atoms with E-state index in [1.807, 2.05) is 38.2 Å². The Morgan fingerprint density at radius 2 is 1.80 bits per heavy atom. The summed E-state index contributed by atoms with van der Waals surface area (Å²) in [7, 11) is 2.02. The Bertz CT molecular complexity index is 297. The molecule has 0 saturated heterocycles. The molecule has 1 aromatic rings. The molecule has 0 radical (unpaired) electrons. The summed E-state index contributed by atoms with van der Waals surface area (Å²) in [5.41, 5.74) is 7.63. The van der Waals surface area contributed by atoms with Gasteiger partial charge in [-0.15, -0.1) is 0 Å². The highest BCUT2D eigenvalue weighted by Gasteiger charge is 2.16. The molecule has 0 aromatic heterocycles. The molecule has 84 valence electrons. The van der Waals surface area contributed by atoms with Crippen LogP contribution in [0.4, 0.5) is 5.69 Å². The van der Waals surface area contributed by atoms with Gasteiger partial charge in [0.15, 0.2) is 0 Å². The van der Waals surface area contributed by atoms with Crippen molar-refractivity contribution in [2.24, 2.45) is 0 Å². The molecule has 0 bridgehead atoms. The molecule has 0 aliphatic rings. The van der Waals surface area contributed by atoms with Gasteiger partial charge in [-0.2, -0.15) is 0 Å². The van der Waals surface area contributed by atoms with E-state index in [0.717, 1.165) is 5.69 Å². The Hall–Kier alpha value is -1.06. The van der Waals surface area contributed by atoms with Gasteiger partial charge in [-0.05, 0) is 38.6 Å². The van der Waals surface area contributed by atoms with Gasteiger partial charge in [0.2, 0.25) is 0 Å². The predicted molar refractivity (Wildman–Crippen MR) is 63.6 cm³/mol. The van der Waals surface area contributed by atoms with Crippen molar-refractivity contribution in [3.8, 4) is 0 Å². The van der Waals surface area contributed by atoms with Crippen LogP contribution >= 0.6 is 0 Å². The third kappa shape index (κ3) is 2.94. The lowest BCUT2D eigenvalue weighted by atomic mass is 10.1. The maximum absolute atomic E-state index is 9.08. The van der Waals surface area contributed by atoms with Crippen LogP contribution in [0.3, 0.4) is 0 Å². The Balaban J connectivity index is 2.75. The minimum absolute atomic E-state index is 0.164. The van der Waals surface area contributed by atoms with E-state index < -0.39 is 0 Å². The molecule has 3 N–H and O–H groups in total. The highest BCUT2D eigenvalue weighted by molar-refractivity contribution is 5.40. The molecular weight excluding hydrogens is 188 g/mol. The molecule has 2 unspecified atom stereocenters. The number of rotatable bonds is 4. The van der Waals surface area contributed by atoms with E-state index in [1.165, 1.54) is 5.56 Å². The van der Waals surface area contributed by atoms with Gasteiger partial charge in [-0.25, -0.2) is 0 Å². The zero-order chi connectivity index (χ0) is 11.4. The van der Waals surface area contributed by atoms with E-state index in [2.05, 4.69) is 11.8 Å². The van der Waals surface area contributed by atoms with Crippen LogP contribution in [0, 0.1) is 0 Å². The molecule has 0 saturated carbocycles. The third-order valence-corrected chi connectivity index (χ3v) is 2.99. The first-order valence-electron chi connectivity index (χ1n) is 5.24. The fraction of sp³-hybridized carbons (Fsp3) is 0.500. The molecule has 3 nitrogen and oxygen atoms in total. The summed E-state index contributed by atoms with van der Waals surface area (Å²) in [6.45, 7) is 4.31. The summed E-state index contributed by atoms with van der Waals surface area (Å²) < 4.78 is 0. The van der Waals surface area contributed by atoms with Crippen LogP contribution in [-0.4, -0.2) is 29.7 Å². The van der Waals surface area contributed by atoms with E-state index >= 15 is 0 Å². The van der Waals surface area contributed by atoms with E-state index in [1.54, 1.807) is 0 Å². The highest BCUT2D eigenvalue weighted by Crippen LogP contribution is 2.21. The number of hydrogen-bond donors (Lipinski definition) is 2. The number of nitrogens with two attached hydrogens (primary N) is 1. The molecule has 0 amide bonds. The van der Waals surface area contributed by atoms with Crippen molar-refractivity contribution in [1.29, 1.82) is 0 Å². The zero-order valence-corrected chi connectivity index (χ0v) is 9.64. The molecule has 15 heavy (non-hydrogen) atoms. The van der Waals surface area contributed by atoms with Gasteiger partial charge in [0.25, 0.3) is 0 Å². The van der Waals surface area contributed by atoms with Gasteiger partial charge in [0.05, 0.1) is 6.61 Å². The van der Waals surface area contributed by atoms with Crippen LogP contribution in [-0.2, 0) is 0 Å². The number of nitrogens with zero attached hydrogens (tertiary/aromatic N) is 1. The second kappa shape index (κ2) is 5.14. The van der Waals surface area contributed by atoms with E-state index in [9.17, 15) is 0 Å². The van der Waals surface area contributed by atoms with Gasteiger partial charge in [0.1, 0.15) is 0 Å². The van der Waals surface area contributed by atoms with Crippen molar-refractivity contribution in [3.63, 3.8) is 0 Å². The molecule has 1 rings (SSSR count). The van der Waals surface area contributed by atoms with Crippen LogP contribution in [0.15, 0.2) is 24.3 Å². The van der Waals surface area contributed by atoms with E-state index in [4.69, 9.17) is 10.8 Å². The Morgan fingerprint density at radius 1 is 1.27 bits per heavy atom. The Labute approximate surface area is 91.5 Å². The average molecular weight is 208 g/mol. The van der Waals surface area contributed by atoms with E-state index in [0.29, 0.717) is 0 Å². The normalized spacial score (nSPS) is 15.3. The molecule has 0 heterocycles. The third-order valence-electron chi connectivity index (χ3n) is 2.99. The number of benzene rings is 1. The standard InChI is InChI=1S/C12H20N2O/c1-9(8-15)14(3)10(2)11-4-6-12(13)7-5-11/h4-7,9-10,15H,8,13H2,1-3H3. The van der Waals surface area contributed by atoms with Crippen LogP contribution < -0.4 is 5.73 Å². The predicted octanol–water partition coefficient (Wildman–Crippen LogP) is 1.64. The molecule has 2 atom stereocenters. The van der Waals surface area contributed by atoms with Crippen molar-refractivity contribution in [2.45, 2.75) is 25.9 Å². The zero-order valence-electron chi connectivity index (χ0n) is 9.64. The van der Waals surface area contributed by atoms with Gasteiger partial charge in [-0.1, -0.05) is 12.1 Å². The first-order valence-corrected chi connectivity index (χ1v) is 5.24. The second-order valence-corrected chi connectivity index (χ2v) is 4.04. The van der Waals surface area contributed by atoms with Gasteiger partial charge in [-0.3, -0.25) is 4.90 Å². The Morgan fingerprint density at radius 3 is 2.27 bits per heavy atom. The van der Waals surface area contributed by atoms with Crippen molar-refractivity contribution in [1.82, 2.24) is 4.90 Å². The van der Waals surface area contributed by atoms with Crippen LogP contribution in [0.2, 0.25) is 0 Å². The molecular formula is C12H20N2O. The largest absolute Gasteiger partial charge is 0.399 e. The molecule has 0 aliphatic carbocycles. The summed E-state index contributed by atoms with van der Waals surface area (Å²) in [6, 6.07) is 8.32. The van der Waals surface area contributed by atoms with Crippen molar-refractivity contribution < 1.29 is 5.11 Å². The summed E-state index contributed by atoms with van der Waals surface area (Å²) in [4.78, 5) is 2.14. The topological polar surface area (TPSA) is 49.5 Å². The number of aliphatic hydroxyl groups is 1. The number of aliphatic hydroxyl groups excluding tert-OH is 1. The van der Waals surface area contributed by atoms with Crippen molar-refractivity contribution in [3.05, 3.63) is 29.8 Å². The maximum atomic E-state index is 9.08. The van der Waals surface area contributed by atoms with Crippen molar-refractivity contribution in [2.75, 3.05) is 19.4 Å². The van der Waals surface area contributed by atoms with Gasteiger partial charge >= 0.3 is 0 Å². The fourth-order valence-corrected chi connectivity index (χ4v) is 1.52. The summed E-state index contributed by atoms with van der Waals surface area (Å²) in [5, 5.41) is 9.08. The van der Waals surface area contributed by atoms with Gasteiger partial charge < -0.3 is 10.8 Å². The lowest BCUT2D eigenvalue weighted by molar-refractivity contribution is 0.127. The van der Waals surface area contributed by atoms with Crippen LogP contribution in [0.5, 0.6) is 0 Å². The number of hydrogen-bond acceptors (Lipinski definition) is 3. The fourth-order valence-electron chi connectivity index (χ4n) is 1.52. The number of likely N-dealkylation sites (N-methyl/N-ethyl adjacent to an activating group) is 1. The van der Waals surface area contributed by atoms with Gasteiger partial charge in [0, 0.05) is 17.8 Å². The molecule has 3 heteroatoms. The molecule has 1 aromatic carbocycles. The first-order chi connectivity index (χ1) is 7.06. The lowest BCUT2D eigenvalue weighted by Gasteiger charge is -2.29. The number of nitrogen functional groups attached to an aromatic ring is 1. The monoisotopic (exact) mass is 208 g/mol. The molecule has 0 aliphatic heterocycles. The lowest BCUT2D eigenvalue weighted by Crippen LogP contribution is -2.34. The summed E-state index contributed by atoms with van der Waals surface area (Å²) in [6.07, 6.45) is 0. The number of anilines is 1. The van der Waals surface area contributed by atoms with Crippen molar-refractivity contribution >= 4 is 5.69 Å². The quantitative estimate of drug-likeness (QED) is 0.740. The molecule has 0 fully saturated rings. The smallest absolute Gasteiger partial charge is 0.0584 e.